The third kappa shape index (κ3) is 3.39. The van der Waals surface area contributed by atoms with Crippen LogP contribution in [0.4, 0.5) is 0 Å². The first-order valence-electron chi connectivity index (χ1n) is 10.1. The highest BCUT2D eigenvalue weighted by atomic mass is 32.2. The van der Waals surface area contributed by atoms with Gasteiger partial charge in [-0.25, -0.2) is 8.97 Å². The van der Waals surface area contributed by atoms with Gasteiger partial charge in [-0.1, -0.05) is 18.2 Å². The molecule has 1 aliphatic rings. The Morgan fingerprint density at radius 1 is 1.19 bits per heavy atom. The zero-order valence-corrected chi connectivity index (χ0v) is 18.6. The second-order valence-electron chi connectivity index (χ2n) is 7.46. The molecule has 0 radical (unpaired) electrons. The molecule has 0 atom stereocenters. The number of ether oxygens (including phenoxy) is 1. The number of thiophene rings is 1. The molecule has 0 fully saturated rings. The van der Waals surface area contributed by atoms with Crippen molar-refractivity contribution in [2.24, 2.45) is 5.73 Å². The molecule has 10 heteroatoms. The number of rotatable bonds is 5. The topological polar surface area (TPSA) is 105 Å². The van der Waals surface area contributed by atoms with Gasteiger partial charge in [0, 0.05) is 4.88 Å². The highest BCUT2D eigenvalue weighted by Crippen LogP contribution is 2.36. The standard InChI is InChI=1S/C21H21N5O3S2/c1-29-13-9-7-12(8-10-13)25-18(28)17-14-5-3-2-4-6-15(14)31-19(17)26-20(25)23-24-21(26)30-11-16(22)27/h7-10H,2-6,11H2,1H3,(H2,22,27). The predicted octanol–water partition coefficient (Wildman–Crippen LogP) is 2.95. The van der Waals surface area contributed by atoms with Crippen molar-refractivity contribution in [3.05, 3.63) is 45.1 Å². The van der Waals surface area contributed by atoms with Gasteiger partial charge in [0.1, 0.15) is 10.6 Å². The van der Waals surface area contributed by atoms with E-state index in [1.54, 1.807) is 23.0 Å². The number of hydrogen-bond acceptors (Lipinski definition) is 7. The molecule has 8 nitrogen and oxygen atoms in total. The van der Waals surface area contributed by atoms with Crippen molar-refractivity contribution in [1.82, 2.24) is 19.2 Å². The summed E-state index contributed by atoms with van der Waals surface area (Å²) in [7, 11) is 1.60. The molecular weight excluding hydrogens is 434 g/mol. The number of thioether (sulfide) groups is 1. The molecule has 0 spiro atoms. The molecule has 1 aliphatic carbocycles. The van der Waals surface area contributed by atoms with E-state index in [1.807, 2.05) is 28.7 Å². The number of methoxy groups -OCH3 is 1. The molecule has 5 rings (SSSR count). The lowest BCUT2D eigenvalue weighted by atomic mass is 10.1. The van der Waals surface area contributed by atoms with Crippen LogP contribution in [0.25, 0.3) is 21.7 Å². The third-order valence-electron chi connectivity index (χ3n) is 5.51. The van der Waals surface area contributed by atoms with E-state index in [4.69, 9.17) is 10.5 Å². The van der Waals surface area contributed by atoms with E-state index in [0.717, 1.165) is 41.5 Å². The molecule has 31 heavy (non-hydrogen) atoms. The van der Waals surface area contributed by atoms with Crippen LogP contribution in [0, 0.1) is 0 Å². The second kappa shape index (κ2) is 8.01. The summed E-state index contributed by atoms with van der Waals surface area (Å²) < 4.78 is 8.76. The molecule has 1 amide bonds. The highest BCUT2D eigenvalue weighted by molar-refractivity contribution is 7.99. The Balaban J connectivity index is 1.84. The van der Waals surface area contributed by atoms with Gasteiger partial charge in [-0.2, -0.15) is 0 Å². The lowest BCUT2D eigenvalue weighted by Gasteiger charge is -2.10. The van der Waals surface area contributed by atoms with Gasteiger partial charge in [-0.05, 0) is 55.5 Å². The summed E-state index contributed by atoms with van der Waals surface area (Å²) in [5.74, 6) is 0.793. The quantitative estimate of drug-likeness (QED) is 0.366. The summed E-state index contributed by atoms with van der Waals surface area (Å²) in [5.41, 5.74) is 7.09. The maximum absolute atomic E-state index is 13.8. The molecule has 0 aliphatic heterocycles. The first-order valence-corrected chi connectivity index (χ1v) is 11.9. The molecule has 0 saturated carbocycles. The summed E-state index contributed by atoms with van der Waals surface area (Å²) in [6.07, 6.45) is 5.24. The number of primary amides is 1. The molecular formula is C21H21N5O3S2. The van der Waals surface area contributed by atoms with Gasteiger partial charge in [-0.3, -0.25) is 9.59 Å². The van der Waals surface area contributed by atoms with E-state index in [1.165, 1.54) is 23.1 Å². The molecule has 160 valence electrons. The fraction of sp³-hybridized carbons (Fsp3) is 0.333. The average molecular weight is 456 g/mol. The first-order chi connectivity index (χ1) is 15.1. The highest BCUT2D eigenvalue weighted by Gasteiger charge is 2.25. The SMILES string of the molecule is COc1ccc(-n2c(=O)c3c4c(sc3n3c(SCC(N)=O)nnc23)CCCCC4)cc1. The van der Waals surface area contributed by atoms with Gasteiger partial charge in [0.2, 0.25) is 11.7 Å². The van der Waals surface area contributed by atoms with Crippen molar-refractivity contribution in [2.45, 2.75) is 37.3 Å². The number of fused-ring (bicyclic) bond motifs is 5. The van der Waals surface area contributed by atoms with Crippen LogP contribution >= 0.6 is 23.1 Å². The number of carbonyl (C=O) groups excluding carboxylic acids is 1. The Hall–Kier alpha value is -2.85. The van der Waals surface area contributed by atoms with Gasteiger partial charge in [0.25, 0.3) is 5.56 Å². The van der Waals surface area contributed by atoms with Crippen molar-refractivity contribution in [1.29, 1.82) is 0 Å². The third-order valence-corrected chi connectivity index (χ3v) is 7.74. The van der Waals surface area contributed by atoms with Crippen molar-refractivity contribution >= 4 is 45.0 Å². The number of aromatic nitrogens is 4. The number of benzene rings is 1. The van der Waals surface area contributed by atoms with Crippen LogP contribution in [0.15, 0.2) is 34.2 Å². The Labute approximate surface area is 186 Å². The van der Waals surface area contributed by atoms with Crippen molar-refractivity contribution in [3.63, 3.8) is 0 Å². The lowest BCUT2D eigenvalue weighted by Crippen LogP contribution is -2.22. The Morgan fingerprint density at radius 2 is 1.97 bits per heavy atom. The summed E-state index contributed by atoms with van der Waals surface area (Å²) in [4.78, 5) is 27.3. The monoisotopic (exact) mass is 455 g/mol. The maximum Gasteiger partial charge on any atom is 0.268 e. The number of carbonyl (C=O) groups is 1. The number of amides is 1. The maximum atomic E-state index is 13.8. The Kier molecular flexibility index (Phi) is 5.19. The molecule has 3 heterocycles. The molecule has 2 N–H and O–H groups in total. The van der Waals surface area contributed by atoms with Crippen LogP contribution in [0.3, 0.4) is 0 Å². The van der Waals surface area contributed by atoms with Crippen molar-refractivity contribution in [3.8, 4) is 11.4 Å². The first kappa shape index (κ1) is 20.1. The zero-order valence-electron chi connectivity index (χ0n) is 17.0. The number of aryl methyl sites for hydroxylation is 2. The van der Waals surface area contributed by atoms with Gasteiger partial charge in [0.05, 0.1) is 23.9 Å². The van der Waals surface area contributed by atoms with E-state index in [-0.39, 0.29) is 11.3 Å². The van der Waals surface area contributed by atoms with Crippen molar-refractivity contribution in [2.75, 3.05) is 12.9 Å². The van der Waals surface area contributed by atoms with Gasteiger partial charge in [0.15, 0.2) is 5.16 Å². The van der Waals surface area contributed by atoms with E-state index in [2.05, 4.69) is 10.2 Å². The van der Waals surface area contributed by atoms with Crippen LogP contribution in [0.1, 0.15) is 29.7 Å². The minimum atomic E-state index is -0.427. The van der Waals surface area contributed by atoms with Crippen molar-refractivity contribution < 1.29 is 9.53 Å². The second-order valence-corrected chi connectivity index (χ2v) is 9.48. The summed E-state index contributed by atoms with van der Waals surface area (Å²) >= 11 is 2.87. The van der Waals surface area contributed by atoms with E-state index in [0.29, 0.717) is 22.4 Å². The fourth-order valence-electron chi connectivity index (χ4n) is 4.09. The number of hydrogen-bond donors (Lipinski definition) is 1. The predicted molar refractivity (Wildman–Crippen MR) is 122 cm³/mol. The summed E-state index contributed by atoms with van der Waals surface area (Å²) in [5, 5.41) is 9.90. The van der Waals surface area contributed by atoms with Crippen LogP contribution in [-0.4, -0.2) is 37.9 Å². The van der Waals surface area contributed by atoms with Gasteiger partial charge < -0.3 is 10.5 Å². The molecule has 0 saturated heterocycles. The van der Waals surface area contributed by atoms with Crippen LogP contribution < -0.4 is 16.0 Å². The Morgan fingerprint density at radius 3 is 2.71 bits per heavy atom. The smallest absolute Gasteiger partial charge is 0.268 e. The lowest BCUT2D eigenvalue weighted by molar-refractivity contribution is -0.115. The average Bonchev–Trinajstić information content (AvgIpc) is 3.27. The minimum absolute atomic E-state index is 0.0917. The summed E-state index contributed by atoms with van der Waals surface area (Å²) in [6, 6.07) is 7.30. The van der Waals surface area contributed by atoms with Crippen LogP contribution in [-0.2, 0) is 17.6 Å². The number of nitrogens with zero attached hydrogens (tertiary/aromatic N) is 4. The van der Waals surface area contributed by atoms with Crippen LogP contribution in [0.5, 0.6) is 5.75 Å². The molecule has 3 aromatic heterocycles. The number of nitrogens with two attached hydrogens (primary N) is 1. The molecule has 1 aromatic carbocycles. The van der Waals surface area contributed by atoms with E-state index < -0.39 is 5.91 Å². The summed E-state index contributed by atoms with van der Waals surface area (Å²) in [6.45, 7) is 0. The molecule has 0 bridgehead atoms. The zero-order chi connectivity index (χ0) is 21.5. The van der Waals surface area contributed by atoms with E-state index >= 15 is 0 Å². The normalized spacial score (nSPS) is 14.0. The molecule has 4 aromatic rings. The Bertz CT molecular complexity index is 1350. The van der Waals surface area contributed by atoms with Gasteiger partial charge >= 0.3 is 0 Å². The van der Waals surface area contributed by atoms with E-state index in [9.17, 15) is 9.59 Å². The van der Waals surface area contributed by atoms with Crippen LogP contribution in [0.2, 0.25) is 0 Å². The fourth-order valence-corrected chi connectivity index (χ4v) is 6.20. The van der Waals surface area contributed by atoms with Gasteiger partial charge in [-0.15, -0.1) is 21.5 Å². The largest absolute Gasteiger partial charge is 0.497 e. The minimum Gasteiger partial charge on any atom is -0.497 e. The molecule has 0 unspecified atom stereocenters.